The van der Waals surface area contributed by atoms with E-state index in [4.69, 9.17) is 4.98 Å². The van der Waals surface area contributed by atoms with E-state index in [2.05, 4.69) is 25.8 Å². The average molecular weight is 350 g/mol. The summed E-state index contributed by atoms with van der Waals surface area (Å²) in [6.07, 6.45) is 6.35. The zero-order valence-electron chi connectivity index (χ0n) is 15.9. The molecule has 0 fully saturated rings. The number of pyridine rings is 2. The number of hydrogen-bond donors (Lipinski definition) is 0. The van der Waals surface area contributed by atoms with Crippen LogP contribution in [-0.2, 0) is 11.8 Å². The number of aromatic nitrogens is 3. The smallest absolute Gasteiger partial charge is 0.274 e. The molecular weight excluding hydrogens is 324 g/mol. The van der Waals surface area contributed by atoms with E-state index in [1.54, 1.807) is 12.4 Å². The molecule has 1 amide bonds. The second kappa shape index (κ2) is 7.28. The van der Waals surface area contributed by atoms with E-state index < -0.39 is 0 Å². The molecule has 0 spiro atoms. The van der Waals surface area contributed by atoms with Crippen LogP contribution >= 0.6 is 0 Å². The van der Waals surface area contributed by atoms with E-state index in [9.17, 15) is 4.79 Å². The topological polar surface area (TPSA) is 50.5 Å². The van der Waals surface area contributed by atoms with Crippen LogP contribution < -0.4 is 0 Å². The normalized spacial score (nSPS) is 11.7. The Morgan fingerprint density at radius 1 is 1.15 bits per heavy atom. The highest BCUT2D eigenvalue weighted by Gasteiger charge is 2.26. The predicted octanol–water partition coefficient (Wildman–Crippen LogP) is 3.73. The Bertz CT molecular complexity index is 893. The molecule has 0 atom stereocenters. The van der Waals surface area contributed by atoms with Gasteiger partial charge >= 0.3 is 0 Å². The zero-order valence-corrected chi connectivity index (χ0v) is 15.9. The van der Waals surface area contributed by atoms with Crippen molar-refractivity contribution < 1.29 is 4.79 Å². The highest BCUT2D eigenvalue weighted by Crippen LogP contribution is 2.25. The van der Waals surface area contributed by atoms with Crippen LogP contribution in [0, 0.1) is 0 Å². The SMILES string of the molecule is CCN(CCc1ccncc1)C(=O)c1nc(C(C)(C)C)n2ccccc12. The summed E-state index contributed by atoms with van der Waals surface area (Å²) in [5.41, 5.74) is 2.44. The predicted molar refractivity (Wildman–Crippen MR) is 103 cm³/mol. The second-order valence-electron chi connectivity index (χ2n) is 7.48. The molecule has 0 aliphatic rings. The van der Waals surface area contributed by atoms with Gasteiger partial charge in [-0.15, -0.1) is 0 Å². The Labute approximate surface area is 154 Å². The van der Waals surface area contributed by atoms with Crippen molar-refractivity contribution in [2.24, 2.45) is 0 Å². The Kier molecular flexibility index (Phi) is 5.07. The molecule has 26 heavy (non-hydrogen) atoms. The number of carbonyl (C=O) groups excluding carboxylic acids is 1. The summed E-state index contributed by atoms with van der Waals surface area (Å²) in [4.78, 5) is 23.8. The number of nitrogens with zero attached hydrogens (tertiary/aromatic N) is 4. The van der Waals surface area contributed by atoms with Crippen LogP contribution in [0.4, 0.5) is 0 Å². The van der Waals surface area contributed by atoms with E-state index in [0.717, 1.165) is 17.8 Å². The Balaban J connectivity index is 1.90. The number of imidazole rings is 1. The quantitative estimate of drug-likeness (QED) is 0.704. The van der Waals surface area contributed by atoms with Crippen molar-refractivity contribution in [3.8, 4) is 0 Å². The fourth-order valence-electron chi connectivity index (χ4n) is 3.09. The number of fused-ring (bicyclic) bond motifs is 1. The van der Waals surface area contributed by atoms with Gasteiger partial charge in [-0.05, 0) is 43.2 Å². The van der Waals surface area contributed by atoms with Gasteiger partial charge < -0.3 is 9.30 Å². The molecule has 0 saturated heterocycles. The maximum absolute atomic E-state index is 13.2. The molecule has 0 aliphatic carbocycles. The number of rotatable bonds is 5. The summed E-state index contributed by atoms with van der Waals surface area (Å²) in [5.74, 6) is 0.891. The summed E-state index contributed by atoms with van der Waals surface area (Å²) in [6.45, 7) is 9.67. The van der Waals surface area contributed by atoms with Gasteiger partial charge in [0.25, 0.3) is 5.91 Å². The largest absolute Gasteiger partial charge is 0.337 e. The van der Waals surface area contributed by atoms with E-state index >= 15 is 0 Å². The summed E-state index contributed by atoms with van der Waals surface area (Å²) < 4.78 is 2.03. The lowest BCUT2D eigenvalue weighted by Crippen LogP contribution is -2.33. The maximum atomic E-state index is 13.2. The lowest BCUT2D eigenvalue weighted by Gasteiger charge is -2.20. The lowest BCUT2D eigenvalue weighted by molar-refractivity contribution is 0.0762. The van der Waals surface area contributed by atoms with Crippen LogP contribution in [0.3, 0.4) is 0 Å². The van der Waals surface area contributed by atoms with E-state index in [-0.39, 0.29) is 11.3 Å². The van der Waals surface area contributed by atoms with Crippen molar-refractivity contribution in [1.29, 1.82) is 0 Å². The van der Waals surface area contributed by atoms with Gasteiger partial charge in [0, 0.05) is 37.1 Å². The molecule has 5 heteroatoms. The van der Waals surface area contributed by atoms with Crippen LogP contribution in [0.5, 0.6) is 0 Å². The molecule has 0 saturated carbocycles. The average Bonchev–Trinajstić information content (AvgIpc) is 3.03. The minimum atomic E-state index is -0.142. The first-order chi connectivity index (χ1) is 12.4. The summed E-state index contributed by atoms with van der Waals surface area (Å²) in [5, 5.41) is 0. The maximum Gasteiger partial charge on any atom is 0.274 e. The first-order valence-corrected chi connectivity index (χ1v) is 9.07. The van der Waals surface area contributed by atoms with Crippen LogP contribution in [0.25, 0.3) is 5.52 Å². The summed E-state index contributed by atoms with van der Waals surface area (Å²) in [7, 11) is 0. The molecule has 5 nitrogen and oxygen atoms in total. The minimum absolute atomic E-state index is 0.0132. The monoisotopic (exact) mass is 350 g/mol. The Hall–Kier alpha value is -2.69. The van der Waals surface area contributed by atoms with Gasteiger partial charge in [0.05, 0.1) is 5.52 Å². The number of likely N-dealkylation sites (N-methyl/N-ethyl adjacent to an activating group) is 1. The zero-order chi connectivity index (χ0) is 18.7. The number of hydrogen-bond acceptors (Lipinski definition) is 3. The fourth-order valence-corrected chi connectivity index (χ4v) is 3.09. The molecule has 3 rings (SSSR count). The molecule has 0 bridgehead atoms. The minimum Gasteiger partial charge on any atom is -0.337 e. The first-order valence-electron chi connectivity index (χ1n) is 9.07. The Morgan fingerprint density at radius 2 is 1.88 bits per heavy atom. The van der Waals surface area contributed by atoms with Crippen LogP contribution in [0.15, 0.2) is 48.9 Å². The molecule has 3 heterocycles. The lowest BCUT2D eigenvalue weighted by atomic mass is 9.96. The third-order valence-corrected chi connectivity index (χ3v) is 4.51. The second-order valence-corrected chi connectivity index (χ2v) is 7.48. The van der Waals surface area contributed by atoms with Gasteiger partial charge in [-0.25, -0.2) is 4.98 Å². The molecule has 0 aromatic carbocycles. The molecule has 0 aliphatic heterocycles. The highest BCUT2D eigenvalue weighted by molar-refractivity contribution is 5.99. The fraction of sp³-hybridized carbons (Fsp3) is 0.381. The van der Waals surface area contributed by atoms with Gasteiger partial charge in [-0.3, -0.25) is 9.78 Å². The molecule has 136 valence electrons. The van der Waals surface area contributed by atoms with Crippen molar-refractivity contribution in [3.05, 3.63) is 66.0 Å². The Morgan fingerprint density at radius 3 is 2.54 bits per heavy atom. The number of carbonyl (C=O) groups is 1. The van der Waals surface area contributed by atoms with Crippen LogP contribution in [-0.4, -0.2) is 38.3 Å². The number of amides is 1. The van der Waals surface area contributed by atoms with Crippen molar-refractivity contribution in [2.75, 3.05) is 13.1 Å². The van der Waals surface area contributed by atoms with Crippen LogP contribution in [0.2, 0.25) is 0 Å². The van der Waals surface area contributed by atoms with E-state index in [1.165, 1.54) is 5.56 Å². The van der Waals surface area contributed by atoms with E-state index in [1.807, 2.05) is 52.8 Å². The molecule has 0 N–H and O–H groups in total. The van der Waals surface area contributed by atoms with Crippen molar-refractivity contribution in [2.45, 2.75) is 39.5 Å². The van der Waals surface area contributed by atoms with Crippen molar-refractivity contribution in [1.82, 2.24) is 19.3 Å². The molecule has 3 aromatic rings. The van der Waals surface area contributed by atoms with Gasteiger partial charge in [-0.1, -0.05) is 26.8 Å². The van der Waals surface area contributed by atoms with Gasteiger partial charge in [0.2, 0.25) is 0 Å². The molecule has 0 unspecified atom stereocenters. The third kappa shape index (κ3) is 3.62. The third-order valence-electron chi connectivity index (χ3n) is 4.51. The summed E-state index contributed by atoms with van der Waals surface area (Å²) in [6, 6.07) is 9.86. The van der Waals surface area contributed by atoms with Gasteiger partial charge in [0.1, 0.15) is 5.82 Å². The van der Waals surface area contributed by atoms with E-state index in [0.29, 0.717) is 18.8 Å². The molecular formula is C21H26N4O. The summed E-state index contributed by atoms with van der Waals surface area (Å²) >= 11 is 0. The molecule has 0 radical (unpaired) electrons. The van der Waals surface area contributed by atoms with Gasteiger partial charge in [0.15, 0.2) is 5.69 Å². The molecule has 3 aromatic heterocycles. The van der Waals surface area contributed by atoms with Crippen molar-refractivity contribution in [3.63, 3.8) is 0 Å². The highest BCUT2D eigenvalue weighted by atomic mass is 16.2. The van der Waals surface area contributed by atoms with Crippen molar-refractivity contribution >= 4 is 11.4 Å². The van der Waals surface area contributed by atoms with Crippen LogP contribution in [0.1, 0.15) is 49.6 Å². The first kappa shape index (κ1) is 18.1. The standard InChI is InChI=1S/C21H26N4O/c1-5-24(15-11-16-9-12-22-13-10-16)19(26)18-17-8-6-7-14-25(17)20(23-18)21(2,3)4/h6-10,12-14H,5,11,15H2,1-4H3. The van der Waals surface area contributed by atoms with Gasteiger partial charge in [-0.2, -0.15) is 0 Å².